The summed E-state index contributed by atoms with van der Waals surface area (Å²) in [6, 6.07) is 6.46. The molecule has 0 spiro atoms. The van der Waals surface area contributed by atoms with Crippen LogP contribution in [0.2, 0.25) is 0 Å². The van der Waals surface area contributed by atoms with E-state index < -0.39 is 5.97 Å². The van der Waals surface area contributed by atoms with Crippen molar-refractivity contribution in [2.75, 3.05) is 19.7 Å². The number of nitrogens with zero attached hydrogens (tertiary/aromatic N) is 1. The zero-order chi connectivity index (χ0) is 15.2. The Morgan fingerprint density at radius 3 is 2.67 bits per heavy atom. The van der Waals surface area contributed by atoms with Crippen LogP contribution in [0, 0.1) is 0 Å². The predicted octanol–water partition coefficient (Wildman–Crippen LogP) is 1.95. The molecular weight excluding hydrogens is 270 g/mol. The zero-order valence-electron chi connectivity index (χ0n) is 12.2. The van der Waals surface area contributed by atoms with E-state index in [4.69, 9.17) is 9.84 Å². The third-order valence-corrected chi connectivity index (χ3v) is 3.66. The minimum absolute atomic E-state index is 0.0717. The maximum atomic E-state index is 12.3. The first kappa shape index (κ1) is 15.5. The average Bonchev–Trinajstić information content (AvgIpc) is 2.48. The minimum atomic E-state index is -0.955. The number of carbonyl (C=O) groups is 2. The number of amides is 1. The van der Waals surface area contributed by atoms with E-state index in [9.17, 15) is 9.59 Å². The monoisotopic (exact) mass is 291 g/mol. The summed E-state index contributed by atoms with van der Waals surface area (Å²) in [5, 5.41) is 8.85. The molecule has 114 valence electrons. The number of carboxylic acid groups (broad SMARTS) is 1. The fourth-order valence-corrected chi connectivity index (χ4v) is 2.49. The molecule has 1 atom stereocenters. The fourth-order valence-electron chi connectivity index (χ4n) is 2.49. The molecule has 1 saturated heterocycles. The lowest BCUT2D eigenvalue weighted by molar-refractivity contribution is -0.138. The Balaban J connectivity index is 1.92. The molecular formula is C16H21NO4. The SMILES string of the molecule is CCCC1CN(C(=O)Cc2ccc(C(=O)O)cc2)CCO1. The molecule has 1 aromatic carbocycles. The molecule has 0 aromatic heterocycles. The zero-order valence-corrected chi connectivity index (χ0v) is 12.2. The number of benzene rings is 1. The summed E-state index contributed by atoms with van der Waals surface area (Å²) in [6.07, 6.45) is 2.46. The molecule has 0 aliphatic carbocycles. The Hall–Kier alpha value is -1.88. The first-order valence-electron chi connectivity index (χ1n) is 7.31. The molecule has 21 heavy (non-hydrogen) atoms. The Morgan fingerprint density at radius 2 is 2.05 bits per heavy atom. The van der Waals surface area contributed by atoms with Crippen molar-refractivity contribution >= 4 is 11.9 Å². The number of carbonyl (C=O) groups excluding carboxylic acids is 1. The van der Waals surface area contributed by atoms with Crippen molar-refractivity contribution in [1.82, 2.24) is 4.90 Å². The number of aromatic carboxylic acids is 1. The smallest absolute Gasteiger partial charge is 0.335 e. The maximum Gasteiger partial charge on any atom is 0.335 e. The van der Waals surface area contributed by atoms with Crippen molar-refractivity contribution in [3.63, 3.8) is 0 Å². The highest BCUT2D eigenvalue weighted by atomic mass is 16.5. The predicted molar refractivity (Wildman–Crippen MR) is 78.3 cm³/mol. The second-order valence-electron chi connectivity index (χ2n) is 5.30. The fraction of sp³-hybridized carbons (Fsp3) is 0.500. The molecule has 1 amide bonds. The summed E-state index contributed by atoms with van der Waals surface area (Å²) in [5.41, 5.74) is 1.07. The average molecular weight is 291 g/mol. The summed E-state index contributed by atoms with van der Waals surface area (Å²) < 4.78 is 5.63. The van der Waals surface area contributed by atoms with E-state index >= 15 is 0 Å². The van der Waals surface area contributed by atoms with Crippen LogP contribution in [0.15, 0.2) is 24.3 Å². The van der Waals surface area contributed by atoms with Crippen molar-refractivity contribution in [3.8, 4) is 0 Å². The van der Waals surface area contributed by atoms with Crippen molar-refractivity contribution in [2.45, 2.75) is 32.3 Å². The first-order chi connectivity index (χ1) is 10.1. The number of ether oxygens (including phenoxy) is 1. The van der Waals surface area contributed by atoms with Crippen LogP contribution in [0.25, 0.3) is 0 Å². The number of hydrogen-bond acceptors (Lipinski definition) is 3. The topological polar surface area (TPSA) is 66.8 Å². The highest BCUT2D eigenvalue weighted by Crippen LogP contribution is 2.13. The van der Waals surface area contributed by atoms with Crippen LogP contribution >= 0.6 is 0 Å². The molecule has 1 fully saturated rings. The lowest BCUT2D eigenvalue weighted by atomic mass is 10.1. The molecule has 2 rings (SSSR count). The third kappa shape index (κ3) is 4.29. The van der Waals surface area contributed by atoms with Gasteiger partial charge in [0, 0.05) is 13.1 Å². The highest BCUT2D eigenvalue weighted by molar-refractivity contribution is 5.87. The van der Waals surface area contributed by atoms with Crippen molar-refractivity contribution < 1.29 is 19.4 Å². The van der Waals surface area contributed by atoms with Crippen molar-refractivity contribution in [1.29, 1.82) is 0 Å². The first-order valence-corrected chi connectivity index (χ1v) is 7.31. The molecule has 1 unspecified atom stereocenters. The van der Waals surface area contributed by atoms with Gasteiger partial charge in [-0.25, -0.2) is 4.79 Å². The van der Waals surface area contributed by atoms with Gasteiger partial charge in [-0.1, -0.05) is 25.5 Å². The lowest BCUT2D eigenvalue weighted by Gasteiger charge is -2.33. The number of carboxylic acids is 1. The van der Waals surface area contributed by atoms with Gasteiger partial charge in [0.15, 0.2) is 0 Å². The van der Waals surface area contributed by atoms with Crippen LogP contribution in [0.3, 0.4) is 0 Å². The molecule has 0 saturated carbocycles. The van der Waals surface area contributed by atoms with E-state index in [1.54, 1.807) is 12.1 Å². The number of rotatable bonds is 5. The summed E-state index contributed by atoms with van der Waals surface area (Å²) in [6.45, 7) is 3.98. The Morgan fingerprint density at radius 1 is 1.33 bits per heavy atom. The summed E-state index contributed by atoms with van der Waals surface area (Å²) in [5.74, 6) is -0.883. The van der Waals surface area contributed by atoms with Crippen molar-refractivity contribution in [2.24, 2.45) is 0 Å². The normalized spacial score (nSPS) is 18.5. The molecule has 1 aromatic rings. The van der Waals surface area contributed by atoms with Gasteiger partial charge in [0.25, 0.3) is 0 Å². The molecule has 5 heteroatoms. The van der Waals surface area contributed by atoms with E-state index in [1.807, 2.05) is 4.90 Å². The summed E-state index contributed by atoms with van der Waals surface area (Å²) >= 11 is 0. The van der Waals surface area contributed by atoms with Gasteiger partial charge in [-0.2, -0.15) is 0 Å². The summed E-state index contributed by atoms with van der Waals surface area (Å²) in [4.78, 5) is 24.9. The van der Waals surface area contributed by atoms with Crippen molar-refractivity contribution in [3.05, 3.63) is 35.4 Å². The van der Waals surface area contributed by atoms with Crippen LogP contribution in [0.1, 0.15) is 35.7 Å². The quantitative estimate of drug-likeness (QED) is 0.900. The molecule has 1 heterocycles. The van der Waals surface area contributed by atoms with Gasteiger partial charge in [-0.3, -0.25) is 4.79 Å². The van der Waals surface area contributed by atoms with Crippen LogP contribution in [-0.4, -0.2) is 47.7 Å². The second-order valence-corrected chi connectivity index (χ2v) is 5.30. The van der Waals surface area contributed by atoms with Crippen LogP contribution < -0.4 is 0 Å². The molecule has 0 radical (unpaired) electrons. The molecule has 0 bridgehead atoms. The Labute approximate surface area is 124 Å². The number of hydrogen-bond donors (Lipinski definition) is 1. The molecule has 5 nitrogen and oxygen atoms in total. The molecule has 1 aliphatic heterocycles. The van der Waals surface area contributed by atoms with Gasteiger partial charge in [0.2, 0.25) is 5.91 Å². The van der Waals surface area contributed by atoms with E-state index in [1.165, 1.54) is 12.1 Å². The maximum absolute atomic E-state index is 12.3. The van der Waals surface area contributed by atoms with Gasteiger partial charge in [-0.05, 0) is 24.1 Å². The highest BCUT2D eigenvalue weighted by Gasteiger charge is 2.23. The molecule has 1 N–H and O–H groups in total. The van der Waals surface area contributed by atoms with Gasteiger partial charge < -0.3 is 14.7 Å². The number of morpholine rings is 1. The van der Waals surface area contributed by atoms with Gasteiger partial charge in [0.1, 0.15) is 0 Å². The van der Waals surface area contributed by atoms with Gasteiger partial charge >= 0.3 is 5.97 Å². The standard InChI is InChI=1S/C16H21NO4/c1-2-3-14-11-17(8-9-21-14)15(18)10-12-4-6-13(7-5-12)16(19)20/h4-7,14H,2-3,8-11H2,1H3,(H,19,20). The van der Waals surface area contributed by atoms with Gasteiger partial charge in [-0.15, -0.1) is 0 Å². The summed E-state index contributed by atoms with van der Waals surface area (Å²) in [7, 11) is 0. The third-order valence-electron chi connectivity index (χ3n) is 3.66. The van der Waals surface area contributed by atoms with Crippen LogP contribution in [-0.2, 0) is 16.0 Å². The minimum Gasteiger partial charge on any atom is -0.478 e. The largest absolute Gasteiger partial charge is 0.478 e. The Bertz CT molecular complexity index is 496. The molecule has 1 aliphatic rings. The van der Waals surface area contributed by atoms with E-state index in [-0.39, 0.29) is 17.6 Å². The second kappa shape index (κ2) is 7.22. The van der Waals surface area contributed by atoms with E-state index in [2.05, 4.69) is 6.92 Å². The Kier molecular flexibility index (Phi) is 5.33. The lowest BCUT2D eigenvalue weighted by Crippen LogP contribution is -2.46. The van der Waals surface area contributed by atoms with E-state index in [0.717, 1.165) is 18.4 Å². The van der Waals surface area contributed by atoms with Crippen LogP contribution in [0.4, 0.5) is 0 Å². The van der Waals surface area contributed by atoms with Crippen LogP contribution in [0.5, 0.6) is 0 Å². The van der Waals surface area contributed by atoms with E-state index in [0.29, 0.717) is 26.1 Å². The van der Waals surface area contributed by atoms with Gasteiger partial charge in [0.05, 0.1) is 24.7 Å².